The van der Waals surface area contributed by atoms with E-state index in [1.807, 2.05) is 12.1 Å². The summed E-state index contributed by atoms with van der Waals surface area (Å²) in [6.07, 6.45) is 0. The fraction of sp³-hybridized carbons (Fsp3) is 0.0769. The van der Waals surface area contributed by atoms with Crippen LogP contribution in [0.25, 0.3) is 11.1 Å². The highest BCUT2D eigenvalue weighted by atomic mass is 79.9. The van der Waals surface area contributed by atoms with E-state index >= 15 is 0 Å². The van der Waals surface area contributed by atoms with Crippen LogP contribution < -0.4 is 0 Å². The highest BCUT2D eigenvalue weighted by Gasteiger charge is 2.06. The second-order valence-electron chi connectivity index (χ2n) is 3.41. The average molecular weight is 405 g/mol. The molecule has 0 fully saturated rings. The van der Waals surface area contributed by atoms with Crippen LogP contribution in [0.5, 0.6) is 0 Å². The van der Waals surface area contributed by atoms with E-state index in [1.54, 1.807) is 0 Å². The molecule has 0 N–H and O–H groups in total. The third-order valence-corrected chi connectivity index (χ3v) is 4.07. The molecule has 0 atom stereocenters. The normalized spacial score (nSPS) is 10.8. The quantitative estimate of drug-likeness (QED) is 0.546. The van der Waals surface area contributed by atoms with Crippen LogP contribution in [0.4, 0.5) is 0 Å². The fourth-order valence-electron chi connectivity index (χ4n) is 1.54. The molecule has 3 heteroatoms. The topological polar surface area (TPSA) is 0 Å². The van der Waals surface area contributed by atoms with Crippen molar-refractivity contribution in [2.45, 2.75) is 3.74 Å². The Morgan fingerprint density at radius 1 is 0.875 bits per heavy atom. The number of rotatable bonds is 2. The van der Waals surface area contributed by atoms with E-state index in [9.17, 15) is 0 Å². The SMILES string of the molecule is Brc1ccccc1-c1cccc(C(Br)Br)c1. The molecular weight excluding hydrogens is 396 g/mol. The van der Waals surface area contributed by atoms with Gasteiger partial charge in [0.1, 0.15) is 0 Å². The molecule has 0 amide bonds. The number of benzene rings is 2. The molecule has 0 bridgehead atoms. The average Bonchev–Trinajstić information content (AvgIpc) is 2.30. The minimum Gasteiger partial charge on any atom is -0.0712 e. The number of halogens is 3. The van der Waals surface area contributed by atoms with Crippen molar-refractivity contribution in [2.75, 3.05) is 0 Å². The molecular formula is C13H9Br3. The molecule has 0 radical (unpaired) electrons. The minimum absolute atomic E-state index is 0.197. The number of alkyl halides is 2. The Labute approximate surface area is 120 Å². The summed E-state index contributed by atoms with van der Waals surface area (Å²) in [7, 11) is 0. The Morgan fingerprint density at radius 3 is 2.31 bits per heavy atom. The molecule has 0 saturated carbocycles. The van der Waals surface area contributed by atoms with Crippen molar-refractivity contribution in [3.63, 3.8) is 0 Å². The predicted molar refractivity (Wildman–Crippen MR) is 80.2 cm³/mol. The van der Waals surface area contributed by atoms with Gasteiger partial charge in [-0.05, 0) is 28.8 Å². The Hall–Kier alpha value is -0.120. The van der Waals surface area contributed by atoms with Gasteiger partial charge in [-0.15, -0.1) is 0 Å². The fourth-order valence-corrected chi connectivity index (χ4v) is 2.62. The second-order valence-corrected chi connectivity index (χ2v) is 7.32. The Morgan fingerprint density at radius 2 is 1.62 bits per heavy atom. The first kappa shape index (κ1) is 12.3. The summed E-state index contributed by atoms with van der Waals surface area (Å²) in [5.74, 6) is 0. The van der Waals surface area contributed by atoms with E-state index in [-0.39, 0.29) is 3.74 Å². The van der Waals surface area contributed by atoms with Crippen LogP contribution in [0.1, 0.15) is 9.30 Å². The lowest BCUT2D eigenvalue weighted by atomic mass is 10.0. The van der Waals surface area contributed by atoms with Gasteiger partial charge in [-0.25, -0.2) is 0 Å². The number of hydrogen-bond donors (Lipinski definition) is 0. The molecule has 0 spiro atoms. The largest absolute Gasteiger partial charge is 0.0946 e. The van der Waals surface area contributed by atoms with Gasteiger partial charge in [-0.2, -0.15) is 0 Å². The smallest absolute Gasteiger partial charge is 0.0712 e. The van der Waals surface area contributed by atoms with E-state index < -0.39 is 0 Å². The molecule has 0 saturated heterocycles. The maximum atomic E-state index is 3.57. The third-order valence-electron chi connectivity index (χ3n) is 2.32. The van der Waals surface area contributed by atoms with Gasteiger partial charge in [0.25, 0.3) is 0 Å². The lowest BCUT2D eigenvalue weighted by Gasteiger charge is -2.07. The van der Waals surface area contributed by atoms with Gasteiger partial charge in [0.05, 0.1) is 3.74 Å². The Kier molecular flexibility index (Phi) is 4.22. The van der Waals surface area contributed by atoms with Gasteiger partial charge in [0, 0.05) is 4.47 Å². The molecule has 0 unspecified atom stereocenters. The van der Waals surface area contributed by atoms with E-state index in [0.717, 1.165) is 4.47 Å². The summed E-state index contributed by atoms with van der Waals surface area (Å²) in [6, 6.07) is 16.7. The van der Waals surface area contributed by atoms with Gasteiger partial charge in [0.2, 0.25) is 0 Å². The van der Waals surface area contributed by atoms with Crippen molar-refractivity contribution in [1.29, 1.82) is 0 Å². The van der Waals surface area contributed by atoms with Crippen LogP contribution in [-0.4, -0.2) is 0 Å². The summed E-state index contributed by atoms with van der Waals surface area (Å²) < 4.78 is 1.32. The summed E-state index contributed by atoms with van der Waals surface area (Å²) in [5, 5.41) is 0. The predicted octanol–water partition coefficient (Wildman–Crippen LogP) is 5.90. The summed E-state index contributed by atoms with van der Waals surface area (Å²) in [4.78, 5) is 0. The van der Waals surface area contributed by atoms with Crippen molar-refractivity contribution in [2.24, 2.45) is 0 Å². The standard InChI is InChI=1S/C13H9Br3/c14-12-7-2-1-6-11(12)9-4-3-5-10(8-9)13(15)16/h1-8,13H. The highest BCUT2D eigenvalue weighted by molar-refractivity contribution is 9.24. The zero-order valence-corrected chi connectivity index (χ0v) is 13.1. The van der Waals surface area contributed by atoms with Gasteiger partial charge >= 0.3 is 0 Å². The molecule has 0 aliphatic heterocycles. The summed E-state index contributed by atoms with van der Waals surface area (Å²) >= 11 is 10.6. The highest BCUT2D eigenvalue weighted by Crippen LogP contribution is 2.34. The van der Waals surface area contributed by atoms with Crippen LogP contribution in [0.3, 0.4) is 0 Å². The zero-order chi connectivity index (χ0) is 11.5. The second kappa shape index (κ2) is 5.48. The zero-order valence-electron chi connectivity index (χ0n) is 8.33. The van der Waals surface area contributed by atoms with Crippen molar-refractivity contribution < 1.29 is 0 Å². The van der Waals surface area contributed by atoms with Crippen LogP contribution in [0.2, 0.25) is 0 Å². The monoisotopic (exact) mass is 402 g/mol. The Balaban J connectivity index is 2.49. The molecule has 0 nitrogen and oxygen atoms in total. The molecule has 0 aliphatic rings. The lowest BCUT2D eigenvalue weighted by Crippen LogP contribution is -1.84. The van der Waals surface area contributed by atoms with E-state index in [2.05, 4.69) is 84.2 Å². The van der Waals surface area contributed by atoms with Crippen molar-refractivity contribution in [3.8, 4) is 11.1 Å². The molecule has 2 rings (SSSR count). The first-order valence-corrected chi connectivity index (χ1v) is 7.44. The van der Waals surface area contributed by atoms with E-state index in [1.165, 1.54) is 16.7 Å². The number of hydrogen-bond acceptors (Lipinski definition) is 0. The van der Waals surface area contributed by atoms with Crippen molar-refractivity contribution in [1.82, 2.24) is 0 Å². The van der Waals surface area contributed by atoms with Crippen molar-refractivity contribution >= 4 is 47.8 Å². The molecule has 0 aliphatic carbocycles. The van der Waals surface area contributed by atoms with Gasteiger partial charge in [-0.3, -0.25) is 0 Å². The first-order chi connectivity index (χ1) is 7.68. The molecule has 0 heterocycles. The summed E-state index contributed by atoms with van der Waals surface area (Å²) in [5.41, 5.74) is 3.65. The van der Waals surface area contributed by atoms with Crippen LogP contribution in [0.15, 0.2) is 53.0 Å². The molecule has 0 aromatic heterocycles. The Bertz CT molecular complexity index is 492. The molecule has 2 aromatic rings. The van der Waals surface area contributed by atoms with E-state index in [4.69, 9.17) is 0 Å². The molecule has 16 heavy (non-hydrogen) atoms. The van der Waals surface area contributed by atoms with Gasteiger partial charge in [0.15, 0.2) is 0 Å². The van der Waals surface area contributed by atoms with E-state index in [0.29, 0.717) is 0 Å². The van der Waals surface area contributed by atoms with Crippen LogP contribution in [0, 0.1) is 0 Å². The van der Waals surface area contributed by atoms with Gasteiger partial charge in [-0.1, -0.05) is 84.2 Å². The van der Waals surface area contributed by atoms with Crippen molar-refractivity contribution in [3.05, 3.63) is 58.6 Å². The molecule has 82 valence electrons. The first-order valence-electron chi connectivity index (χ1n) is 4.81. The maximum Gasteiger partial charge on any atom is 0.0946 e. The summed E-state index contributed by atoms with van der Waals surface area (Å²) in [6.45, 7) is 0. The minimum atomic E-state index is 0.197. The van der Waals surface area contributed by atoms with Gasteiger partial charge < -0.3 is 0 Å². The third kappa shape index (κ3) is 2.76. The lowest BCUT2D eigenvalue weighted by molar-refractivity contribution is 1.42. The van der Waals surface area contributed by atoms with Crippen LogP contribution in [-0.2, 0) is 0 Å². The maximum absolute atomic E-state index is 3.57. The van der Waals surface area contributed by atoms with Crippen LogP contribution >= 0.6 is 47.8 Å². The molecule has 2 aromatic carbocycles.